The summed E-state index contributed by atoms with van der Waals surface area (Å²) in [5.74, 6) is 6.55. The zero-order valence-electron chi connectivity index (χ0n) is 13.4. The Kier molecular flexibility index (Phi) is 6.92. The summed E-state index contributed by atoms with van der Waals surface area (Å²) in [5, 5.41) is 0. The zero-order chi connectivity index (χ0) is 15.6. The molecule has 1 aliphatic rings. The maximum Gasteiger partial charge on any atom is 0.222 e. The van der Waals surface area contributed by atoms with Gasteiger partial charge in [-0.25, -0.2) is 0 Å². The van der Waals surface area contributed by atoms with Crippen molar-refractivity contribution in [1.29, 1.82) is 0 Å². The van der Waals surface area contributed by atoms with Crippen molar-refractivity contribution < 1.29 is 4.79 Å². The molecule has 1 saturated heterocycles. The first-order chi connectivity index (χ1) is 10.8. The molecule has 2 heterocycles. The summed E-state index contributed by atoms with van der Waals surface area (Å²) in [4.78, 5) is 20.8. The molecule has 0 N–H and O–H groups in total. The highest BCUT2D eigenvalue weighted by Gasteiger charge is 2.18. The fraction of sp³-hybridized carbons (Fsp3) is 0.556. The molecule has 0 unspecified atom stereocenters. The second-order valence-corrected chi connectivity index (χ2v) is 5.58. The van der Waals surface area contributed by atoms with Gasteiger partial charge in [-0.2, -0.15) is 0 Å². The lowest BCUT2D eigenvalue weighted by Gasteiger charge is -2.21. The van der Waals surface area contributed by atoms with Crippen LogP contribution in [-0.2, 0) is 11.2 Å². The molecular formula is C18H25N3O. The Labute approximate surface area is 133 Å². The Bertz CT molecular complexity index is 518. The Morgan fingerprint density at radius 2 is 2.18 bits per heavy atom. The topological polar surface area (TPSA) is 36.4 Å². The van der Waals surface area contributed by atoms with E-state index >= 15 is 0 Å². The Morgan fingerprint density at radius 3 is 2.95 bits per heavy atom. The maximum absolute atomic E-state index is 12.4. The summed E-state index contributed by atoms with van der Waals surface area (Å²) in [7, 11) is 0. The van der Waals surface area contributed by atoms with Gasteiger partial charge in [-0.15, -0.1) is 5.92 Å². The number of aryl methyl sites for hydroxylation is 1. The van der Waals surface area contributed by atoms with E-state index in [2.05, 4.69) is 28.6 Å². The largest absolute Gasteiger partial charge is 0.341 e. The molecule has 118 valence electrons. The first-order valence-electron chi connectivity index (χ1n) is 8.14. The highest BCUT2D eigenvalue weighted by Crippen LogP contribution is 2.07. The molecule has 0 bridgehead atoms. The van der Waals surface area contributed by atoms with Gasteiger partial charge < -0.3 is 4.90 Å². The quantitative estimate of drug-likeness (QED) is 0.798. The van der Waals surface area contributed by atoms with Crippen molar-refractivity contribution in [3.63, 3.8) is 0 Å². The molecule has 0 aromatic carbocycles. The standard InChI is InChI=1S/C18H25N3O/c1-2-3-4-11-20-12-6-13-21(15-14-20)18(22)9-8-17-7-5-10-19-16-17/h5,7,10,16H,2,6,8-9,11-15H2,1H3. The van der Waals surface area contributed by atoms with Crippen molar-refractivity contribution in [2.24, 2.45) is 0 Å². The normalized spacial score (nSPS) is 15.8. The molecule has 0 radical (unpaired) electrons. The second-order valence-electron chi connectivity index (χ2n) is 5.58. The summed E-state index contributed by atoms with van der Waals surface area (Å²) in [5.41, 5.74) is 1.13. The first kappa shape index (κ1) is 16.5. The minimum atomic E-state index is 0.255. The van der Waals surface area contributed by atoms with E-state index < -0.39 is 0 Å². The van der Waals surface area contributed by atoms with Gasteiger partial charge in [-0.1, -0.05) is 18.9 Å². The number of rotatable bonds is 4. The summed E-state index contributed by atoms with van der Waals surface area (Å²) in [6.45, 7) is 6.54. The number of amides is 1. The van der Waals surface area contributed by atoms with E-state index in [0.29, 0.717) is 6.42 Å². The van der Waals surface area contributed by atoms with Gasteiger partial charge in [0.2, 0.25) is 5.91 Å². The maximum atomic E-state index is 12.4. The van der Waals surface area contributed by atoms with Crippen LogP contribution in [0.25, 0.3) is 0 Å². The minimum absolute atomic E-state index is 0.255. The number of pyridine rings is 1. The minimum Gasteiger partial charge on any atom is -0.341 e. The van der Waals surface area contributed by atoms with Gasteiger partial charge in [0.25, 0.3) is 0 Å². The first-order valence-corrected chi connectivity index (χ1v) is 8.14. The third kappa shape index (κ3) is 5.50. The molecule has 0 atom stereocenters. The van der Waals surface area contributed by atoms with E-state index in [0.717, 1.165) is 57.5 Å². The van der Waals surface area contributed by atoms with Crippen LogP contribution in [0.5, 0.6) is 0 Å². The van der Waals surface area contributed by atoms with Crippen molar-refractivity contribution in [2.75, 3.05) is 32.7 Å². The van der Waals surface area contributed by atoms with E-state index in [1.165, 1.54) is 0 Å². The van der Waals surface area contributed by atoms with E-state index in [1.54, 1.807) is 6.20 Å². The Balaban J connectivity index is 1.76. The fourth-order valence-corrected chi connectivity index (χ4v) is 2.63. The monoisotopic (exact) mass is 299 g/mol. The van der Waals surface area contributed by atoms with Crippen molar-refractivity contribution >= 4 is 5.91 Å². The zero-order valence-corrected chi connectivity index (χ0v) is 13.4. The Hall–Kier alpha value is -1.86. The fourth-order valence-electron chi connectivity index (χ4n) is 2.63. The molecule has 0 aliphatic carbocycles. The molecule has 2 rings (SSSR count). The molecule has 4 nitrogen and oxygen atoms in total. The lowest BCUT2D eigenvalue weighted by molar-refractivity contribution is -0.131. The molecule has 0 spiro atoms. The number of carbonyl (C=O) groups excluding carboxylic acids is 1. The van der Waals surface area contributed by atoms with Crippen molar-refractivity contribution in [1.82, 2.24) is 14.8 Å². The van der Waals surface area contributed by atoms with Gasteiger partial charge in [-0.05, 0) is 24.5 Å². The average Bonchev–Trinajstić information content (AvgIpc) is 2.80. The SMILES string of the molecule is CCC#CCN1CCCN(C(=O)CCc2cccnc2)CC1. The van der Waals surface area contributed by atoms with Crippen molar-refractivity contribution in [3.05, 3.63) is 30.1 Å². The summed E-state index contributed by atoms with van der Waals surface area (Å²) in [6, 6.07) is 3.94. The van der Waals surface area contributed by atoms with Gasteiger partial charge in [0.15, 0.2) is 0 Å². The van der Waals surface area contributed by atoms with Crippen LogP contribution in [0.15, 0.2) is 24.5 Å². The lowest BCUT2D eigenvalue weighted by atomic mass is 10.1. The number of hydrogen-bond donors (Lipinski definition) is 0. The smallest absolute Gasteiger partial charge is 0.222 e. The van der Waals surface area contributed by atoms with Crippen LogP contribution in [0.2, 0.25) is 0 Å². The number of aromatic nitrogens is 1. The molecule has 1 amide bonds. The summed E-state index contributed by atoms with van der Waals surface area (Å²) < 4.78 is 0. The molecule has 4 heteroatoms. The molecule has 1 aromatic heterocycles. The summed E-state index contributed by atoms with van der Waals surface area (Å²) in [6.07, 6.45) is 6.88. The molecular weight excluding hydrogens is 274 g/mol. The molecule has 0 saturated carbocycles. The van der Waals surface area contributed by atoms with Crippen LogP contribution in [-0.4, -0.2) is 53.4 Å². The average molecular weight is 299 g/mol. The van der Waals surface area contributed by atoms with E-state index in [1.807, 2.05) is 23.2 Å². The number of carbonyl (C=O) groups is 1. The number of hydrogen-bond acceptors (Lipinski definition) is 3. The van der Waals surface area contributed by atoms with Crippen LogP contribution in [0.3, 0.4) is 0 Å². The number of nitrogens with zero attached hydrogens (tertiary/aromatic N) is 3. The van der Waals surface area contributed by atoms with Crippen molar-refractivity contribution in [3.8, 4) is 11.8 Å². The predicted octanol–water partition coefficient (Wildman–Crippen LogP) is 1.96. The second kappa shape index (κ2) is 9.22. The van der Waals surface area contributed by atoms with Gasteiger partial charge in [0.05, 0.1) is 6.54 Å². The lowest BCUT2D eigenvalue weighted by Crippen LogP contribution is -2.35. The van der Waals surface area contributed by atoms with Crippen LogP contribution >= 0.6 is 0 Å². The van der Waals surface area contributed by atoms with Crippen LogP contribution in [0.1, 0.15) is 31.7 Å². The molecule has 1 aromatic rings. The van der Waals surface area contributed by atoms with Crippen LogP contribution in [0.4, 0.5) is 0 Å². The predicted molar refractivity (Wildman–Crippen MR) is 88.3 cm³/mol. The highest BCUT2D eigenvalue weighted by molar-refractivity contribution is 5.76. The van der Waals surface area contributed by atoms with Crippen LogP contribution in [0, 0.1) is 11.8 Å². The molecule has 1 fully saturated rings. The van der Waals surface area contributed by atoms with E-state index in [-0.39, 0.29) is 5.91 Å². The van der Waals surface area contributed by atoms with Gasteiger partial charge in [-0.3, -0.25) is 14.7 Å². The van der Waals surface area contributed by atoms with Crippen molar-refractivity contribution in [2.45, 2.75) is 32.6 Å². The van der Waals surface area contributed by atoms with E-state index in [9.17, 15) is 4.79 Å². The highest BCUT2D eigenvalue weighted by atomic mass is 16.2. The molecule has 1 aliphatic heterocycles. The van der Waals surface area contributed by atoms with Gasteiger partial charge in [0, 0.05) is 51.4 Å². The third-order valence-electron chi connectivity index (χ3n) is 3.90. The van der Waals surface area contributed by atoms with E-state index in [4.69, 9.17) is 0 Å². The van der Waals surface area contributed by atoms with Gasteiger partial charge >= 0.3 is 0 Å². The van der Waals surface area contributed by atoms with Gasteiger partial charge in [0.1, 0.15) is 0 Å². The Morgan fingerprint density at radius 1 is 1.27 bits per heavy atom. The summed E-state index contributed by atoms with van der Waals surface area (Å²) >= 11 is 0. The van der Waals surface area contributed by atoms with Crippen LogP contribution < -0.4 is 0 Å². The molecule has 22 heavy (non-hydrogen) atoms. The third-order valence-corrected chi connectivity index (χ3v) is 3.90.